The highest BCUT2D eigenvalue weighted by Crippen LogP contribution is 2.48. The Labute approximate surface area is 663 Å². The first kappa shape index (κ1) is 65.8. The summed E-state index contributed by atoms with van der Waals surface area (Å²) in [6, 6.07) is 148. The lowest BCUT2D eigenvalue weighted by Crippen LogP contribution is -1.94. The van der Waals surface area contributed by atoms with E-state index in [0.717, 1.165) is 60.8 Å². The van der Waals surface area contributed by atoms with Crippen LogP contribution in [0.2, 0.25) is 0 Å². The summed E-state index contributed by atoms with van der Waals surface area (Å²) in [5.41, 5.74) is 29.0. The van der Waals surface area contributed by atoms with Gasteiger partial charge in [-0.05, 0) is 248 Å². The predicted molar refractivity (Wildman–Crippen MR) is 486 cm³/mol. The summed E-state index contributed by atoms with van der Waals surface area (Å²) in [5.74, 6) is 0. The minimum absolute atomic E-state index is 0.896. The van der Waals surface area contributed by atoms with Crippen molar-refractivity contribution in [2.45, 2.75) is 6.92 Å². The Balaban J connectivity index is 0.000000138. The van der Waals surface area contributed by atoms with Crippen LogP contribution in [-0.2, 0) is 0 Å². The third-order valence-electron chi connectivity index (χ3n) is 24.0. The monoisotopic (exact) mass is 1460 g/mol. The minimum atomic E-state index is 0.896. The van der Waals surface area contributed by atoms with Crippen LogP contribution < -0.4 is 0 Å². The summed E-state index contributed by atoms with van der Waals surface area (Å²) in [5, 5.41) is 22.1. The third-order valence-corrected chi connectivity index (χ3v) is 24.0. The number of aromatic nitrogens is 2. The maximum atomic E-state index is 6.40. The van der Waals surface area contributed by atoms with Crippen molar-refractivity contribution in [3.05, 3.63) is 412 Å². The molecule has 24 aromatic rings. The maximum absolute atomic E-state index is 6.40. The van der Waals surface area contributed by atoms with Crippen molar-refractivity contribution in [2.75, 3.05) is 0 Å². The minimum Gasteiger partial charge on any atom is -0.456 e. The van der Waals surface area contributed by atoms with Crippen molar-refractivity contribution in [3.63, 3.8) is 0 Å². The van der Waals surface area contributed by atoms with Crippen LogP contribution in [0.3, 0.4) is 0 Å². The number of nitrogens with zero attached hydrogens (tertiary/aromatic N) is 2. The van der Waals surface area contributed by atoms with E-state index in [-0.39, 0.29) is 0 Å². The first-order chi connectivity index (χ1) is 56.9. The molecule has 0 atom stereocenters. The number of benzene rings is 20. The quantitative estimate of drug-likeness (QED) is 0.135. The smallest absolute Gasteiger partial charge is 0.135 e. The topological polar surface area (TPSA) is 36.1 Å². The van der Waals surface area contributed by atoms with Gasteiger partial charge in [0.05, 0.1) is 22.1 Å². The van der Waals surface area contributed by atoms with Gasteiger partial charge >= 0.3 is 0 Å². The summed E-state index contributed by atoms with van der Waals surface area (Å²) < 4.78 is 17.4. The molecule has 0 aliphatic rings. The molecule has 20 aromatic carbocycles. The molecule has 536 valence electrons. The maximum Gasteiger partial charge on any atom is 0.135 e. The van der Waals surface area contributed by atoms with Gasteiger partial charge in [0, 0.05) is 54.5 Å². The number of fused-ring (bicyclic) bond motifs is 17. The molecule has 0 radical (unpaired) electrons. The second-order valence-electron chi connectivity index (χ2n) is 30.5. The Kier molecular flexibility index (Phi) is 15.2. The summed E-state index contributed by atoms with van der Waals surface area (Å²) in [6.45, 7) is 2.13. The van der Waals surface area contributed by atoms with Crippen LogP contribution in [0.1, 0.15) is 5.56 Å². The Morgan fingerprint density at radius 3 is 0.861 bits per heavy atom. The van der Waals surface area contributed by atoms with Crippen molar-refractivity contribution in [2.24, 2.45) is 0 Å². The van der Waals surface area contributed by atoms with E-state index in [1.54, 1.807) is 0 Å². The highest BCUT2D eigenvalue weighted by atomic mass is 16.3. The van der Waals surface area contributed by atoms with Crippen LogP contribution in [0.15, 0.2) is 415 Å². The molecule has 0 spiro atoms. The Morgan fingerprint density at radius 2 is 0.452 bits per heavy atom. The van der Waals surface area contributed by atoms with Crippen molar-refractivity contribution < 1.29 is 8.83 Å². The van der Waals surface area contributed by atoms with Gasteiger partial charge in [-0.25, -0.2) is 0 Å². The predicted octanol–water partition coefficient (Wildman–Crippen LogP) is 31.1. The summed E-state index contributed by atoms with van der Waals surface area (Å²) in [6.07, 6.45) is 0. The number of furan rings is 2. The number of hydrogen-bond donors (Lipinski definition) is 0. The van der Waals surface area contributed by atoms with Gasteiger partial charge in [-0.2, -0.15) is 0 Å². The van der Waals surface area contributed by atoms with Crippen LogP contribution in [0.5, 0.6) is 0 Å². The normalized spacial score (nSPS) is 11.9. The first-order valence-corrected chi connectivity index (χ1v) is 39.6. The van der Waals surface area contributed by atoms with Crippen LogP contribution in [-0.4, -0.2) is 9.13 Å². The summed E-state index contributed by atoms with van der Waals surface area (Å²) >= 11 is 0. The molecule has 115 heavy (non-hydrogen) atoms. The molecular formula is C111H70N2O2. The molecule has 4 heteroatoms. The molecule has 0 bridgehead atoms. The number of hydrogen-bond acceptors (Lipinski definition) is 2. The van der Waals surface area contributed by atoms with E-state index >= 15 is 0 Å². The van der Waals surface area contributed by atoms with Crippen molar-refractivity contribution >= 4 is 141 Å². The van der Waals surface area contributed by atoms with Crippen LogP contribution in [0.25, 0.3) is 231 Å². The Morgan fingerprint density at radius 1 is 0.174 bits per heavy atom. The van der Waals surface area contributed by atoms with E-state index in [2.05, 4.69) is 423 Å². The second kappa shape index (κ2) is 26.6. The highest BCUT2D eigenvalue weighted by molar-refractivity contribution is 6.24. The van der Waals surface area contributed by atoms with Crippen LogP contribution >= 0.6 is 0 Å². The van der Waals surface area contributed by atoms with E-state index in [1.165, 1.54) is 175 Å². The van der Waals surface area contributed by atoms with Crippen molar-refractivity contribution in [3.8, 4) is 89.3 Å². The van der Waals surface area contributed by atoms with Gasteiger partial charge in [0.1, 0.15) is 22.3 Å². The third kappa shape index (κ3) is 10.8. The van der Waals surface area contributed by atoms with E-state index in [4.69, 9.17) is 8.83 Å². The number of aryl methyl sites for hydroxylation is 1. The molecule has 0 saturated carbocycles. The highest BCUT2D eigenvalue weighted by Gasteiger charge is 2.23. The average molecular weight is 1460 g/mol. The lowest BCUT2D eigenvalue weighted by Gasteiger charge is -2.18. The first-order valence-electron chi connectivity index (χ1n) is 39.6. The van der Waals surface area contributed by atoms with E-state index in [9.17, 15) is 0 Å². The molecule has 0 aliphatic heterocycles. The molecule has 0 aliphatic carbocycles. The molecule has 0 unspecified atom stereocenters. The van der Waals surface area contributed by atoms with Crippen molar-refractivity contribution in [1.82, 2.24) is 9.13 Å². The zero-order valence-corrected chi connectivity index (χ0v) is 62.9. The Bertz CT molecular complexity index is 7960. The van der Waals surface area contributed by atoms with Gasteiger partial charge in [0.15, 0.2) is 0 Å². The molecule has 0 N–H and O–H groups in total. The SMILES string of the molecule is Cc1ccc2oc3ccc(-c4ccc5c(c4)c4ccccc4n5-c4ccc(-c5c6ccccc6c(-c6ccccc6)c6ccccc56)cc4)cc3c2c1.c1ccc(-c2c3ccccc3c(-c3ccc(-n4c5ccccc5c5cc(-c6ccc7oc8ccc(-c9cccc%10ccccc9%10)cc8c7c6)ccc54)cc3)c3ccccc23)cc1. The fourth-order valence-electron chi connectivity index (χ4n) is 18.8. The zero-order valence-electron chi connectivity index (χ0n) is 62.9. The van der Waals surface area contributed by atoms with E-state index < -0.39 is 0 Å². The molecule has 0 saturated heterocycles. The van der Waals surface area contributed by atoms with Crippen molar-refractivity contribution in [1.29, 1.82) is 0 Å². The van der Waals surface area contributed by atoms with Crippen LogP contribution in [0.4, 0.5) is 0 Å². The molecule has 0 fully saturated rings. The van der Waals surface area contributed by atoms with Gasteiger partial charge in [-0.15, -0.1) is 0 Å². The van der Waals surface area contributed by atoms with Gasteiger partial charge in [0.25, 0.3) is 0 Å². The van der Waals surface area contributed by atoms with Gasteiger partial charge in [0.2, 0.25) is 0 Å². The van der Waals surface area contributed by atoms with Gasteiger partial charge in [-0.1, -0.05) is 303 Å². The molecule has 4 nitrogen and oxygen atoms in total. The number of rotatable bonds is 9. The lowest BCUT2D eigenvalue weighted by atomic mass is 9.86. The summed E-state index contributed by atoms with van der Waals surface area (Å²) in [7, 11) is 0. The number of para-hydroxylation sites is 2. The largest absolute Gasteiger partial charge is 0.456 e. The zero-order chi connectivity index (χ0) is 75.8. The van der Waals surface area contributed by atoms with E-state index in [0.29, 0.717) is 0 Å². The molecule has 4 aromatic heterocycles. The van der Waals surface area contributed by atoms with Gasteiger partial charge in [-0.3, -0.25) is 0 Å². The average Bonchev–Trinajstić information content (AvgIpc) is 1.13. The van der Waals surface area contributed by atoms with E-state index in [1.807, 2.05) is 0 Å². The standard InChI is InChI=1S/C60H37NO.C51H33NO/c1-2-14-39(15-3-1)59-48-19-6-8-21-50(48)60(51-22-9-7-20-49(51)59)40-25-30-44(31-26-40)61-55-24-11-10-18-47(55)52-35-41(27-32-56(52)61)42-28-33-57-53(36-42)54-37-43(29-34-58(54)62-57)46-23-12-16-38-13-4-5-17-45(38)46;1-32-19-27-48-44(29-32)45-31-36(23-28-49(45)53-48)35-22-26-47-43(30-35)38-13-9-10-18-46(38)52(47)37-24-20-34(21-25-37)51-41-16-7-5-14-39(41)50(33-11-3-2-4-12-33)40-15-6-8-17-42(40)51/h1-37H;2-31H,1H3. The second-order valence-corrected chi connectivity index (χ2v) is 30.5. The summed E-state index contributed by atoms with van der Waals surface area (Å²) in [4.78, 5) is 0. The molecule has 24 rings (SSSR count). The van der Waals surface area contributed by atoms with Crippen LogP contribution in [0, 0.1) is 6.92 Å². The molecular weight excluding hydrogens is 1390 g/mol. The fraction of sp³-hybridized carbons (Fsp3) is 0.00901. The lowest BCUT2D eigenvalue weighted by molar-refractivity contribution is 0.668. The Hall–Kier alpha value is -15.1. The van der Waals surface area contributed by atoms with Gasteiger partial charge < -0.3 is 18.0 Å². The molecule has 0 amide bonds. The molecule has 4 heterocycles. The fourth-order valence-corrected chi connectivity index (χ4v) is 18.8.